The Morgan fingerprint density at radius 2 is 0.621 bits per heavy atom. The van der Waals surface area contributed by atoms with E-state index in [1.165, 1.54) is 21.2 Å². The van der Waals surface area contributed by atoms with Crippen LogP contribution in [0.15, 0.2) is 121 Å². The Morgan fingerprint density at radius 3 is 0.862 bits per heavy atom. The van der Waals surface area contributed by atoms with Crippen LogP contribution in [0.2, 0.25) is 0 Å². The maximum absolute atomic E-state index is 2.29. The summed E-state index contributed by atoms with van der Waals surface area (Å²) in [6.45, 7) is 0. The van der Waals surface area contributed by atoms with E-state index in [4.69, 9.17) is 0 Å². The summed E-state index contributed by atoms with van der Waals surface area (Å²) < 4.78 is 0. The summed E-state index contributed by atoms with van der Waals surface area (Å²) >= 11 is 2.11. The highest BCUT2D eigenvalue weighted by atomic mass is 32.2. The molecule has 0 unspecified atom stereocenters. The minimum Gasteiger partial charge on any atom is -0.151 e. The van der Waals surface area contributed by atoms with E-state index in [9.17, 15) is 0 Å². The van der Waals surface area contributed by atoms with Crippen molar-refractivity contribution < 1.29 is 0 Å². The minimum absolute atomic E-state index is 0.346. The van der Waals surface area contributed by atoms with Gasteiger partial charge in [-0.1, -0.05) is 121 Å². The molecule has 0 saturated heterocycles. The Balaban J connectivity index is 1.53. The fourth-order valence-corrected chi connectivity index (χ4v) is 10.9. The first kappa shape index (κ1) is 20.4. The first-order chi connectivity index (χ1) is 14.4. The van der Waals surface area contributed by atoms with Gasteiger partial charge in [0.05, 0.1) is 0 Å². The Morgan fingerprint density at radius 1 is 0.379 bits per heavy atom. The largest absolute Gasteiger partial charge is 0.151 e. The van der Waals surface area contributed by atoms with Crippen molar-refractivity contribution in [1.82, 2.24) is 0 Å². The molecule has 0 atom stereocenters. The zero-order valence-electron chi connectivity index (χ0n) is 16.3. The Kier molecular flexibility index (Phi) is 7.55. The molecule has 0 bridgehead atoms. The molecule has 0 fully saturated rings. The van der Waals surface area contributed by atoms with Gasteiger partial charge in [-0.3, -0.25) is 0 Å². The molecule has 0 aliphatic heterocycles. The molecular formula is C26H24P2S. The van der Waals surface area contributed by atoms with Crippen LogP contribution < -0.4 is 21.2 Å². The van der Waals surface area contributed by atoms with E-state index < -0.39 is 0 Å². The lowest BCUT2D eigenvalue weighted by Gasteiger charge is -2.22. The summed E-state index contributed by atoms with van der Waals surface area (Å²) in [6, 6.07) is 44.1. The lowest BCUT2D eigenvalue weighted by atomic mass is 10.4. The number of benzene rings is 4. The second-order valence-corrected chi connectivity index (χ2v) is 12.9. The molecular weight excluding hydrogens is 406 g/mol. The average Bonchev–Trinajstić information content (AvgIpc) is 2.81. The van der Waals surface area contributed by atoms with E-state index in [2.05, 4.69) is 133 Å². The SMILES string of the molecule is c1ccc(P(CSCP(c2ccccc2)c2ccccc2)c2ccccc2)cc1. The molecule has 0 amide bonds. The van der Waals surface area contributed by atoms with Crippen molar-refractivity contribution >= 4 is 48.8 Å². The van der Waals surface area contributed by atoms with Crippen LogP contribution in [-0.2, 0) is 0 Å². The zero-order chi connectivity index (χ0) is 19.7. The van der Waals surface area contributed by atoms with Gasteiger partial charge in [0.25, 0.3) is 0 Å². The monoisotopic (exact) mass is 430 g/mol. The highest BCUT2D eigenvalue weighted by Crippen LogP contribution is 2.43. The van der Waals surface area contributed by atoms with Gasteiger partial charge in [-0.2, -0.15) is 11.8 Å². The van der Waals surface area contributed by atoms with Crippen LogP contribution in [-0.4, -0.2) is 11.0 Å². The van der Waals surface area contributed by atoms with Crippen molar-refractivity contribution in [3.05, 3.63) is 121 Å². The predicted molar refractivity (Wildman–Crippen MR) is 135 cm³/mol. The molecule has 144 valence electrons. The second-order valence-electron chi connectivity index (χ2n) is 6.66. The zero-order valence-corrected chi connectivity index (χ0v) is 18.9. The molecule has 0 N–H and O–H groups in total. The summed E-state index contributed by atoms with van der Waals surface area (Å²) in [4.78, 5) is 0. The molecule has 0 aliphatic rings. The van der Waals surface area contributed by atoms with Crippen LogP contribution in [0.1, 0.15) is 0 Å². The predicted octanol–water partition coefficient (Wildman–Crippen LogP) is 5.90. The molecule has 0 aromatic heterocycles. The fourth-order valence-electron chi connectivity index (χ4n) is 3.25. The summed E-state index contributed by atoms with van der Waals surface area (Å²) in [7, 11) is -0.692. The summed E-state index contributed by atoms with van der Waals surface area (Å²) in [5.74, 6) is 0. The maximum Gasteiger partial charge on any atom is 0.0220 e. The molecule has 0 aliphatic carbocycles. The molecule has 0 radical (unpaired) electrons. The van der Waals surface area contributed by atoms with Crippen molar-refractivity contribution in [1.29, 1.82) is 0 Å². The van der Waals surface area contributed by atoms with Gasteiger partial charge in [0.1, 0.15) is 0 Å². The van der Waals surface area contributed by atoms with E-state index in [0.29, 0.717) is 0 Å². The molecule has 4 rings (SSSR count). The van der Waals surface area contributed by atoms with Gasteiger partial charge in [0, 0.05) is 11.0 Å². The van der Waals surface area contributed by atoms with Crippen LogP contribution in [0, 0.1) is 0 Å². The Bertz CT molecular complexity index is 814. The molecule has 0 saturated carbocycles. The van der Waals surface area contributed by atoms with Crippen LogP contribution in [0.4, 0.5) is 0 Å². The lowest BCUT2D eigenvalue weighted by Crippen LogP contribution is -2.15. The number of hydrogen-bond acceptors (Lipinski definition) is 1. The van der Waals surface area contributed by atoms with Crippen molar-refractivity contribution in [3.63, 3.8) is 0 Å². The Hall–Kier alpha value is -1.91. The smallest absolute Gasteiger partial charge is 0.0220 e. The minimum atomic E-state index is -0.346. The van der Waals surface area contributed by atoms with E-state index in [1.54, 1.807) is 0 Å². The summed E-state index contributed by atoms with van der Waals surface area (Å²) in [6.07, 6.45) is 0. The van der Waals surface area contributed by atoms with Crippen LogP contribution >= 0.6 is 27.6 Å². The van der Waals surface area contributed by atoms with Crippen molar-refractivity contribution in [3.8, 4) is 0 Å². The lowest BCUT2D eigenvalue weighted by molar-refractivity contribution is 1.74. The van der Waals surface area contributed by atoms with Gasteiger partial charge in [-0.05, 0) is 37.1 Å². The van der Waals surface area contributed by atoms with Crippen molar-refractivity contribution in [2.45, 2.75) is 0 Å². The van der Waals surface area contributed by atoms with Crippen LogP contribution in [0.3, 0.4) is 0 Å². The molecule has 4 aromatic carbocycles. The first-order valence-corrected chi connectivity index (χ1v) is 14.0. The average molecular weight is 430 g/mol. The van der Waals surface area contributed by atoms with Crippen molar-refractivity contribution in [2.75, 3.05) is 11.0 Å². The molecule has 0 heterocycles. The topological polar surface area (TPSA) is 0 Å². The van der Waals surface area contributed by atoms with Gasteiger partial charge in [-0.15, -0.1) is 0 Å². The molecule has 3 heteroatoms. The van der Waals surface area contributed by atoms with Crippen LogP contribution in [0.25, 0.3) is 0 Å². The van der Waals surface area contributed by atoms with Crippen molar-refractivity contribution in [2.24, 2.45) is 0 Å². The summed E-state index contributed by atoms with van der Waals surface area (Å²) in [5.41, 5.74) is 2.31. The van der Waals surface area contributed by atoms with Gasteiger partial charge in [-0.25, -0.2) is 0 Å². The van der Waals surface area contributed by atoms with Gasteiger partial charge in [0.15, 0.2) is 0 Å². The quantitative estimate of drug-likeness (QED) is 0.314. The number of hydrogen-bond donors (Lipinski definition) is 0. The number of thioether (sulfide) groups is 1. The molecule has 4 aromatic rings. The first-order valence-electron chi connectivity index (χ1n) is 9.75. The third kappa shape index (κ3) is 5.58. The molecule has 29 heavy (non-hydrogen) atoms. The van der Waals surface area contributed by atoms with Gasteiger partial charge < -0.3 is 0 Å². The standard InChI is InChI=1S/C26H24P2S/c1-5-13-23(14-6-1)27(24-15-7-2-8-16-24)21-29-22-28(25-17-9-3-10-18-25)26-19-11-4-12-20-26/h1-20H,21-22H2. The van der Waals surface area contributed by atoms with Gasteiger partial charge in [0.2, 0.25) is 0 Å². The fraction of sp³-hybridized carbons (Fsp3) is 0.0769. The van der Waals surface area contributed by atoms with E-state index in [1.807, 2.05) is 0 Å². The van der Waals surface area contributed by atoms with E-state index in [-0.39, 0.29) is 15.8 Å². The Labute approximate surface area is 180 Å². The van der Waals surface area contributed by atoms with Gasteiger partial charge >= 0.3 is 0 Å². The summed E-state index contributed by atoms with van der Waals surface area (Å²) in [5, 5.41) is 5.85. The third-order valence-corrected chi connectivity index (χ3v) is 11.9. The highest BCUT2D eigenvalue weighted by molar-refractivity contribution is 8.11. The molecule has 0 nitrogen and oxygen atoms in total. The van der Waals surface area contributed by atoms with E-state index in [0.717, 1.165) is 11.0 Å². The third-order valence-electron chi connectivity index (χ3n) is 4.71. The number of rotatable bonds is 8. The molecule has 0 spiro atoms. The van der Waals surface area contributed by atoms with Crippen LogP contribution in [0.5, 0.6) is 0 Å². The second kappa shape index (κ2) is 10.7. The highest BCUT2D eigenvalue weighted by Gasteiger charge is 2.17. The maximum atomic E-state index is 2.29. The van der Waals surface area contributed by atoms with E-state index >= 15 is 0 Å². The normalized spacial score (nSPS) is 11.1.